The Morgan fingerprint density at radius 2 is 1.14 bits per heavy atom. The number of carbonyl (C=O) groups excluding carboxylic acids is 3. The molecule has 1 heterocycles. The summed E-state index contributed by atoms with van der Waals surface area (Å²) in [5.41, 5.74) is 1.23. The first-order valence-electron chi connectivity index (χ1n) is 9.45. The quantitative estimate of drug-likeness (QED) is 0.595. The second-order valence-corrected chi connectivity index (χ2v) is 7.50. The highest BCUT2D eigenvalue weighted by Crippen LogP contribution is 2.57. The maximum Gasteiger partial charge on any atom is 0.244 e. The van der Waals surface area contributed by atoms with E-state index in [0.29, 0.717) is 39.1 Å². The number of benzene rings is 3. The van der Waals surface area contributed by atoms with Crippen LogP contribution in [0.2, 0.25) is 0 Å². The van der Waals surface area contributed by atoms with Crippen molar-refractivity contribution >= 4 is 23.1 Å². The monoisotopic (exact) mass is 378 g/mol. The second kappa shape index (κ2) is 5.39. The SMILES string of the molecule is O=C1C2=C(OC3(C(=O)c4ccccc4C3=O)C2c2ccccc2)c2ccccc21. The van der Waals surface area contributed by atoms with Gasteiger partial charge in [-0.1, -0.05) is 78.9 Å². The van der Waals surface area contributed by atoms with Gasteiger partial charge < -0.3 is 4.74 Å². The van der Waals surface area contributed by atoms with Crippen molar-refractivity contribution in [1.82, 2.24) is 0 Å². The molecule has 0 bridgehead atoms. The van der Waals surface area contributed by atoms with Crippen LogP contribution in [0.4, 0.5) is 0 Å². The number of hydrogen-bond acceptors (Lipinski definition) is 4. The average molecular weight is 378 g/mol. The third-order valence-corrected chi connectivity index (χ3v) is 6.09. The highest BCUT2D eigenvalue weighted by molar-refractivity contribution is 6.36. The van der Waals surface area contributed by atoms with Crippen LogP contribution in [-0.4, -0.2) is 23.0 Å². The lowest BCUT2D eigenvalue weighted by Gasteiger charge is -2.30. The zero-order valence-corrected chi connectivity index (χ0v) is 15.2. The number of carbonyl (C=O) groups is 3. The molecule has 1 atom stereocenters. The van der Waals surface area contributed by atoms with Crippen LogP contribution in [-0.2, 0) is 4.74 Å². The first-order chi connectivity index (χ1) is 14.1. The molecule has 1 aliphatic heterocycles. The van der Waals surface area contributed by atoms with E-state index in [9.17, 15) is 14.4 Å². The second-order valence-electron chi connectivity index (χ2n) is 7.50. The van der Waals surface area contributed by atoms with Crippen LogP contribution in [0.25, 0.3) is 5.76 Å². The maximum atomic E-state index is 13.6. The van der Waals surface area contributed by atoms with E-state index < -0.39 is 11.5 Å². The van der Waals surface area contributed by atoms with Crippen LogP contribution in [0.5, 0.6) is 0 Å². The summed E-state index contributed by atoms with van der Waals surface area (Å²) in [6.07, 6.45) is 0. The molecule has 2 aliphatic carbocycles. The number of rotatable bonds is 1. The molecule has 6 rings (SSSR count). The highest BCUT2D eigenvalue weighted by atomic mass is 16.5. The molecule has 3 aromatic carbocycles. The molecule has 4 heteroatoms. The smallest absolute Gasteiger partial charge is 0.244 e. The molecule has 3 aromatic rings. The number of ketones is 3. The summed E-state index contributed by atoms with van der Waals surface area (Å²) in [5.74, 6) is -1.38. The summed E-state index contributed by atoms with van der Waals surface area (Å²) < 4.78 is 6.26. The van der Waals surface area contributed by atoms with E-state index in [1.807, 2.05) is 36.4 Å². The van der Waals surface area contributed by atoms with Crippen LogP contribution in [0.3, 0.4) is 0 Å². The standard InChI is InChI=1S/C25H14O4/c26-21-15-10-4-5-11-16(15)22-19(21)20(14-8-2-1-3-9-14)25(29-22)23(27)17-12-6-7-13-18(17)24(25)28/h1-13,20H. The molecule has 4 nitrogen and oxygen atoms in total. The highest BCUT2D eigenvalue weighted by Gasteiger charge is 2.67. The summed E-state index contributed by atoms with van der Waals surface area (Å²) in [6.45, 7) is 0. The Morgan fingerprint density at radius 3 is 1.76 bits per heavy atom. The van der Waals surface area contributed by atoms with E-state index in [4.69, 9.17) is 4.74 Å². The lowest BCUT2D eigenvalue weighted by Crippen LogP contribution is -2.47. The number of ether oxygens (including phenoxy) is 1. The third-order valence-electron chi connectivity index (χ3n) is 6.09. The number of Topliss-reactive ketones (excluding diaryl/α,β-unsaturated/α-hetero) is 3. The van der Waals surface area contributed by atoms with Crippen molar-refractivity contribution < 1.29 is 19.1 Å². The predicted molar refractivity (Wildman–Crippen MR) is 106 cm³/mol. The van der Waals surface area contributed by atoms with Gasteiger partial charge in [-0.25, -0.2) is 0 Å². The molecule has 138 valence electrons. The van der Waals surface area contributed by atoms with Crippen LogP contribution in [0.1, 0.15) is 48.1 Å². The van der Waals surface area contributed by atoms with Crippen molar-refractivity contribution in [3.63, 3.8) is 0 Å². The van der Waals surface area contributed by atoms with Crippen LogP contribution >= 0.6 is 0 Å². The van der Waals surface area contributed by atoms with E-state index in [0.717, 1.165) is 0 Å². The van der Waals surface area contributed by atoms with Gasteiger partial charge in [0, 0.05) is 22.3 Å². The molecule has 3 aliphatic rings. The maximum absolute atomic E-state index is 13.6. The van der Waals surface area contributed by atoms with Crippen molar-refractivity contribution in [2.45, 2.75) is 11.5 Å². The van der Waals surface area contributed by atoms with Crippen molar-refractivity contribution in [3.8, 4) is 0 Å². The Kier molecular flexibility index (Phi) is 3.01. The van der Waals surface area contributed by atoms with Crippen LogP contribution in [0, 0.1) is 0 Å². The molecular weight excluding hydrogens is 364 g/mol. The van der Waals surface area contributed by atoms with Gasteiger partial charge in [-0.3, -0.25) is 14.4 Å². The summed E-state index contributed by atoms with van der Waals surface area (Å²) in [6, 6.07) is 23.1. The lowest BCUT2D eigenvalue weighted by atomic mass is 9.74. The van der Waals surface area contributed by atoms with Gasteiger partial charge in [-0.05, 0) is 5.56 Å². The summed E-state index contributed by atoms with van der Waals surface area (Å²) in [4.78, 5) is 40.5. The van der Waals surface area contributed by atoms with Crippen molar-refractivity contribution in [2.75, 3.05) is 0 Å². The van der Waals surface area contributed by atoms with Crippen LogP contribution < -0.4 is 0 Å². The first-order valence-corrected chi connectivity index (χ1v) is 9.45. The van der Waals surface area contributed by atoms with E-state index in [-0.39, 0.29) is 17.3 Å². The van der Waals surface area contributed by atoms with Crippen molar-refractivity contribution in [3.05, 3.63) is 112 Å². The average Bonchev–Trinajstić information content (AvgIpc) is 3.34. The summed E-state index contributed by atoms with van der Waals surface area (Å²) in [5, 5.41) is 0. The van der Waals surface area contributed by atoms with E-state index >= 15 is 0 Å². The zero-order valence-electron chi connectivity index (χ0n) is 15.2. The van der Waals surface area contributed by atoms with Crippen LogP contribution in [0.15, 0.2) is 84.4 Å². The minimum absolute atomic E-state index is 0.183. The molecule has 0 saturated carbocycles. The van der Waals surface area contributed by atoms with Gasteiger partial charge in [0.05, 0.1) is 11.5 Å². The molecule has 1 spiro atoms. The van der Waals surface area contributed by atoms with Crippen molar-refractivity contribution in [2.24, 2.45) is 0 Å². The largest absolute Gasteiger partial charge is 0.469 e. The fourth-order valence-electron chi connectivity index (χ4n) is 4.85. The Bertz CT molecular complexity index is 1250. The van der Waals surface area contributed by atoms with Gasteiger partial charge >= 0.3 is 0 Å². The van der Waals surface area contributed by atoms with E-state index in [2.05, 4.69) is 0 Å². The molecule has 0 amide bonds. The lowest BCUT2D eigenvalue weighted by molar-refractivity contribution is 0.0345. The Balaban J connectivity index is 1.64. The zero-order chi connectivity index (χ0) is 19.8. The molecule has 0 fully saturated rings. The van der Waals surface area contributed by atoms with E-state index in [1.54, 1.807) is 42.5 Å². The predicted octanol–water partition coefficient (Wildman–Crippen LogP) is 4.23. The minimum Gasteiger partial charge on any atom is -0.469 e. The van der Waals surface area contributed by atoms with Gasteiger partial charge in [0.15, 0.2) is 5.78 Å². The topological polar surface area (TPSA) is 60.4 Å². The van der Waals surface area contributed by atoms with Gasteiger partial charge in [0.1, 0.15) is 5.76 Å². The molecule has 0 aromatic heterocycles. The van der Waals surface area contributed by atoms with Crippen molar-refractivity contribution in [1.29, 1.82) is 0 Å². The molecule has 1 unspecified atom stereocenters. The van der Waals surface area contributed by atoms with Gasteiger partial charge in [0.25, 0.3) is 0 Å². The number of hydrogen-bond donors (Lipinski definition) is 0. The third kappa shape index (κ3) is 1.81. The van der Waals surface area contributed by atoms with E-state index in [1.165, 1.54) is 0 Å². The Morgan fingerprint density at radius 1 is 0.621 bits per heavy atom. The fraction of sp³-hybridized carbons (Fsp3) is 0.0800. The first kappa shape index (κ1) is 16.2. The van der Waals surface area contributed by atoms with Gasteiger partial charge in [0.2, 0.25) is 17.2 Å². The van der Waals surface area contributed by atoms with Gasteiger partial charge in [-0.15, -0.1) is 0 Å². The molecule has 0 N–H and O–H groups in total. The molecule has 0 saturated heterocycles. The number of fused-ring (bicyclic) bond motifs is 3. The minimum atomic E-state index is -1.76. The molecular formula is C25H14O4. The summed E-state index contributed by atoms with van der Waals surface area (Å²) in [7, 11) is 0. The van der Waals surface area contributed by atoms with Gasteiger partial charge in [-0.2, -0.15) is 0 Å². The summed E-state index contributed by atoms with van der Waals surface area (Å²) >= 11 is 0. The Hall–Kier alpha value is -3.79. The Labute approximate surface area is 166 Å². The normalized spacial score (nSPS) is 20.7. The fourth-order valence-corrected chi connectivity index (χ4v) is 4.85. The molecule has 29 heavy (non-hydrogen) atoms. The molecule has 0 radical (unpaired) electrons.